The zero-order valence-electron chi connectivity index (χ0n) is 9.06. The Bertz CT molecular complexity index is 159. The maximum absolute atomic E-state index is 10.3. The SMILES string of the molecule is O=C(CO)OCCCOC(=O)CO.[H-].[Na+]. The number of hydrogen-bond donors (Lipinski definition) is 2. The summed E-state index contributed by atoms with van der Waals surface area (Å²) in [5.41, 5.74) is 0. The van der Waals surface area contributed by atoms with E-state index in [0.29, 0.717) is 6.42 Å². The van der Waals surface area contributed by atoms with Gasteiger partial charge in [0, 0.05) is 6.42 Å². The molecule has 6 nitrogen and oxygen atoms in total. The van der Waals surface area contributed by atoms with Crippen molar-refractivity contribution in [2.24, 2.45) is 0 Å². The summed E-state index contributed by atoms with van der Waals surface area (Å²) < 4.78 is 8.93. The fraction of sp³-hybridized carbons (Fsp3) is 0.714. The fourth-order valence-corrected chi connectivity index (χ4v) is 0.522. The molecule has 7 heteroatoms. The minimum absolute atomic E-state index is 0. The van der Waals surface area contributed by atoms with Crippen molar-refractivity contribution in [1.82, 2.24) is 0 Å². The summed E-state index contributed by atoms with van der Waals surface area (Å²) in [4.78, 5) is 20.7. The molecule has 0 aliphatic rings. The van der Waals surface area contributed by atoms with E-state index < -0.39 is 25.2 Å². The first-order valence-corrected chi connectivity index (χ1v) is 3.73. The molecule has 0 radical (unpaired) electrons. The quantitative estimate of drug-likeness (QED) is 0.264. The Kier molecular flexibility index (Phi) is 12.7. The first kappa shape index (κ1) is 16.3. The average molecular weight is 216 g/mol. The van der Waals surface area contributed by atoms with Gasteiger partial charge in [0.1, 0.15) is 13.2 Å². The second-order valence-corrected chi connectivity index (χ2v) is 2.11. The summed E-state index contributed by atoms with van der Waals surface area (Å²) in [6.45, 7) is -1.15. The van der Waals surface area contributed by atoms with E-state index in [9.17, 15) is 9.59 Å². The van der Waals surface area contributed by atoms with Gasteiger partial charge in [0.2, 0.25) is 0 Å². The van der Waals surface area contributed by atoms with Crippen LogP contribution in [-0.4, -0.2) is 48.6 Å². The minimum Gasteiger partial charge on any atom is -1.00 e. The molecule has 0 aromatic rings. The molecule has 0 aliphatic carbocycles. The van der Waals surface area contributed by atoms with Gasteiger partial charge in [-0.3, -0.25) is 0 Å². The van der Waals surface area contributed by atoms with Crippen molar-refractivity contribution in [1.29, 1.82) is 0 Å². The van der Waals surface area contributed by atoms with E-state index >= 15 is 0 Å². The van der Waals surface area contributed by atoms with Crippen molar-refractivity contribution in [3.8, 4) is 0 Å². The first-order valence-electron chi connectivity index (χ1n) is 3.73. The summed E-state index contributed by atoms with van der Waals surface area (Å²) in [7, 11) is 0. The molecule has 78 valence electrons. The Labute approximate surface area is 105 Å². The molecule has 14 heavy (non-hydrogen) atoms. The van der Waals surface area contributed by atoms with Gasteiger partial charge in [-0.25, -0.2) is 9.59 Å². The monoisotopic (exact) mass is 216 g/mol. The van der Waals surface area contributed by atoms with E-state index in [2.05, 4.69) is 9.47 Å². The van der Waals surface area contributed by atoms with Crippen LogP contribution in [0, 0.1) is 0 Å². The van der Waals surface area contributed by atoms with Crippen molar-refractivity contribution in [3.63, 3.8) is 0 Å². The summed E-state index contributed by atoms with van der Waals surface area (Å²) >= 11 is 0. The molecule has 2 N–H and O–H groups in total. The molecule has 0 rings (SSSR count). The van der Waals surface area contributed by atoms with Gasteiger partial charge in [0.25, 0.3) is 0 Å². The molecule has 0 aliphatic heterocycles. The molecule has 0 aromatic carbocycles. The van der Waals surface area contributed by atoms with Crippen LogP contribution >= 0.6 is 0 Å². The molecular formula is C7H13NaO6. The smallest absolute Gasteiger partial charge is 1.00 e. The van der Waals surface area contributed by atoms with E-state index in [1.165, 1.54) is 0 Å². The largest absolute Gasteiger partial charge is 1.00 e. The van der Waals surface area contributed by atoms with Crippen LogP contribution < -0.4 is 29.6 Å². The number of hydrogen-bond acceptors (Lipinski definition) is 6. The third-order valence-electron chi connectivity index (χ3n) is 1.07. The second-order valence-electron chi connectivity index (χ2n) is 2.11. The maximum Gasteiger partial charge on any atom is 1.00 e. The molecule has 0 atom stereocenters. The Morgan fingerprint density at radius 2 is 1.36 bits per heavy atom. The number of carbonyl (C=O) groups excluding carboxylic acids is 2. The molecule has 0 bridgehead atoms. The normalized spacial score (nSPS) is 8.71. The molecule has 0 spiro atoms. The van der Waals surface area contributed by atoms with Gasteiger partial charge in [0.15, 0.2) is 0 Å². The standard InChI is InChI=1S/C7H12O6.Na.H/c8-4-6(10)12-2-1-3-13-7(11)5-9;;/h8-9H,1-5H2;;/q;+1;-1. The van der Waals surface area contributed by atoms with Crippen LogP contribution in [0.4, 0.5) is 0 Å². The van der Waals surface area contributed by atoms with E-state index in [0.717, 1.165) is 0 Å². The van der Waals surface area contributed by atoms with E-state index in [1.807, 2.05) is 0 Å². The Morgan fingerprint density at radius 1 is 1.00 bits per heavy atom. The molecule has 0 aromatic heterocycles. The van der Waals surface area contributed by atoms with E-state index in [4.69, 9.17) is 10.2 Å². The van der Waals surface area contributed by atoms with Crippen molar-refractivity contribution >= 4 is 11.9 Å². The summed E-state index contributed by atoms with van der Waals surface area (Å²) in [6.07, 6.45) is 0.345. The molecular weight excluding hydrogens is 203 g/mol. The van der Waals surface area contributed by atoms with Crippen LogP contribution in [0.5, 0.6) is 0 Å². The van der Waals surface area contributed by atoms with Crippen LogP contribution in [-0.2, 0) is 19.1 Å². The zero-order valence-corrected chi connectivity index (χ0v) is 10.1. The third kappa shape index (κ3) is 9.94. The number of esters is 2. The van der Waals surface area contributed by atoms with E-state index in [1.54, 1.807) is 0 Å². The topological polar surface area (TPSA) is 93.1 Å². The molecule has 0 fully saturated rings. The van der Waals surface area contributed by atoms with Crippen LogP contribution in [0.1, 0.15) is 7.85 Å². The number of ether oxygens (including phenoxy) is 2. The predicted molar refractivity (Wildman–Crippen MR) is 41.8 cm³/mol. The molecule has 0 unspecified atom stereocenters. The number of rotatable bonds is 6. The fourth-order valence-electron chi connectivity index (χ4n) is 0.522. The zero-order chi connectivity index (χ0) is 10.1. The summed E-state index contributed by atoms with van der Waals surface area (Å²) in [6, 6.07) is 0. The van der Waals surface area contributed by atoms with Crippen molar-refractivity contribution < 1.29 is 60.3 Å². The number of carbonyl (C=O) groups is 2. The molecule has 0 saturated heterocycles. The van der Waals surface area contributed by atoms with Gasteiger partial charge in [-0.1, -0.05) is 0 Å². The molecule has 0 saturated carbocycles. The van der Waals surface area contributed by atoms with Gasteiger partial charge in [0.05, 0.1) is 13.2 Å². The molecule has 0 heterocycles. The van der Waals surface area contributed by atoms with E-state index in [-0.39, 0.29) is 44.2 Å². The Morgan fingerprint density at radius 3 is 1.64 bits per heavy atom. The molecule has 0 amide bonds. The number of aliphatic hydroxyl groups excluding tert-OH is 2. The number of aliphatic hydroxyl groups is 2. The first-order chi connectivity index (χ1) is 6.20. The summed E-state index contributed by atoms with van der Waals surface area (Å²) in [5.74, 6) is -1.43. The van der Waals surface area contributed by atoms with Crippen molar-refractivity contribution in [2.75, 3.05) is 26.4 Å². The van der Waals surface area contributed by atoms with Gasteiger partial charge in [-0.05, 0) is 0 Å². The maximum atomic E-state index is 10.3. The van der Waals surface area contributed by atoms with Gasteiger partial charge < -0.3 is 21.1 Å². The van der Waals surface area contributed by atoms with Gasteiger partial charge in [-0.2, -0.15) is 0 Å². The summed E-state index contributed by atoms with van der Waals surface area (Å²) in [5, 5.41) is 16.4. The minimum atomic E-state index is -0.714. The Balaban J connectivity index is -0.000000720. The van der Waals surface area contributed by atoms with Crippen molar-refractivity contribution in [3.05, 3.63) is 0 Å². The van der Waals surface area contributed by atoms with Gasteiger partial charge >= 0.3 is 41.5 Å². The average Bonchev–Trinajstić information content (AvgIpc) is 2.16. The predicted octanol–water partition coefficient (Wildman–Crippen LogP) is -4.44. The van der Waals surface area contributed by atoms with Crippen LogP contribution in [0.2, 0.25) is 0 Å². The van der Waals surface area contributed by atoms with Crippen LogP contribution in [0.25, 0.3) is 0 Å². The van der Waals surface area contributed by atoms with Crippen molar-refractivity contribution in [2.45, 2.75) is 6.42 Å². The second kappa shape index (κ2) is 10.9. The Hall–Kier alpha value is -0.140. The van der Waals surface area contributed by atoms with Gasteiger partial charge in [-0.15, -0.1) is 0 Å². The van der Waals surface area contributed by atoms with Crippen LogP contribution in [0.15, 0.2) is 0 Å². The van der Waals surface area contributed by atoms with Crippen LogP contribution in [0.3, 0.4) is 0 Å². The third-order valence-corrected chi connectivity index (χ3v) is 1.07.